The number of unbranched alkanes of at least 4 members (excludes halogenated alkanes) is 6. The minimum absolute atomic E-state index is 0.280. The molecule has 0 N–H and O–H groups in total. The second kappa shape index (κ2) is 21.4. The van der Waals surface area contributed by atoms with Crippen LogP contribution in [0.25, 0.3) is 0 Å². The predicted octanol–water partition coefficient (Wildman–Crippen LogP) is 8.93. The van der Waals surface area contributed by atoms with Gasteiger partial charge in [0.1, 0.15) is 0 Å². The van der Waals surface area contributed by atoms with Crippen molar-refractivity contribution < 1.29 is 15.7 Å². The molecule has 0 aliphatic rings. The van der Waals surface area contributed by atoms with Crippen molar-refractivity contribution in [1.29, 1.82) is 0 Å². The summed E-state index contributed by atoms with van der Waals surface area (Å²) in [5, 5.41) is -0.889. The normalized spacial score (nSPS) is 13.8. The predicted molar refractivity (Wildman–Crippen MR) is 159 cm³/mol. The van der Waals surface area contributed by atoms with Crippen LogP contribution in [0.1, 0.15) is 131 Å². The van der Waals surface area contributed by atoms with E-state index >= 15 is 0 Å². The zero-order valence-electron chi connectivity index (χ0n) is 23.7. The van der Waals surface area contributed by atoms with Gasteiger partial charge in [0.05, 0.1) is 0 Å². The average molecular weight is 640 g/mol. The van der Waals surface area contributed by atoms with Crippen LogP contribution in [0, 0.1) is 11.8 Å². The van der Waals surface area contributed by atoms with E-state index in [-0.39, 0.29) is 11.9 Å². The van der Waals surface area contributed by atoms with Gasteiger partial charge >= 0.3 is 235 Å². The summed E-state index contributed by atoms with van der Waals surface area (Å²) in [7, 11) is 0. The molecule has 7 heteroatoms. The van der Waals surface area contributed by atoms with Crippen LogP contribution in [0.2, 0.25) is 8.87 Å². The van der Waals surface area contributed by atoms with Crippen molar-refractivity contribution in [1.82, 2.24) is 0 Å². The molecule has 0 aromatic carbocycles. The molecule has 0 fully saturated rings. The molecule has 0 aromatic heterocycles. The van der Waals surface area contributed by atoms with Crippen LogP contribution in [-0.2, 0) is 15.7 Å². The molecule has 0 aliphatic heterocycles. The Balaban J connectivity index is 5.05. The Morgan fingerprint density at radius 3 is 1.26 bits per heavy atom. The van der Waals surface area contributed by atoms with Crippen LogP contribution < -0.4 is 0 Å². The molecule has 0 rings (SSSR count). The fraction of sp³-hybridized carbons (Fsp3) is 0.929. The van der Waals surface area contributed by atoms with Crippen molar-refractivity contribution in [2.45, 2.75) is 151 Å². The Labute approximate surface area is 233 Å². The third-order valence-electron chi connectivity index (χ3n) is 6.46. The SMILES string of the molecule is CCC[CH2][Sn]([CH2]CCC)([O]C(=O)C(S)CCCCCC(C)C)[O]C(=O)C(S)CCCCCC(C)C. The molecule has 0 amide bonds. The van der Waals surface area contributed by atoms with E-state index in [1.807, 2.05) is 0 Å². The van der Waals surface area contributed by atoms with Gasteiger partial charge in [-0.1, -0.05) is 0 Å². The van der Waals surface area contributed by atoms with Gasteiger partial charge in [-0.2, -0.15) is 0 Å². The zero-order valence-corrected chi connectivity index (χ0v) is 28.3. The molecule has 0 aromatic rings. The van der Waals surface area contributed by atoms with Crippen molar-refractivity contribution in [2.24, 2.45) is 11.8 Å². The van der Waals surface area contributed by atoms with Crippen LogP contribution in [0.5, 0.6) is 0 Å². The average Bonchev–Trinajstić information content (AvgIpc) is 2.80. The third-order valence-corrected chi connectivity index (χ3v) is 17.0. The number of hydrogen-bond donors (Lipinski definition) is 2. The second-order valence-corrected chi connectivity index (χ2v) is 21.5. The van der Waals surface area contributed by atoms with Crippen LogP contribution in [0.15, 0.2) is 0 Å². The molecule has 2 atom stereocenters. The first kappa shape index (κ1) is 35.4. The van der Waals surface area contributed by atoms with Gasteiger partial charge in [-0.25, -0.2) is 0 Å². The molecular weight excluding hydrogens is 583 g/mol. The van der Waals surface area contributed by atoms with Crippen LogP contribution in [0.4, 0.5) is 0 Å². The first-order valence-corrected chi connectivity index (χ1v) is 21.8. The van der Waals surface area contributed by atoms with Gasteiger partial charge in [0.2, 0.25) is 0 Å². The van der Waals surface area contributed by atoms with Crippen molar-refractivity contribution in [3.05, 3.63) is 0 Å². The number of hydrogen-bond acceptors (Lipinski definition) is 6. The summed E-state index contributed by atoms with van der Waals surface area (Å²) in [6.45, 7) is 13.2. The summed E-state index contributed by atoms with van der Waals surface area (Å²) in [5.74, 6) is 0.864. The van der Waals surface area contributed by atoms with E-state index in [4.69, 9.17) is 6.15 Å². The number of thiol groups is 2. The van der Waals surface area contributed by atoms with Gasteiger partial charge in [-0.3, -0.25) is 0 Å². The van der Waals surface area contributed by atoms with E-state index in [2.05, 4.69) is 66.8 Å². The summed E-state index contributed by atoms with van der Waals surface area (Å²) < 4.78 is 13.9. The molecule has 0 saturated heterocycles. The Kier molecular flexibility index (Phi) is 21.6. The molecular formula is C28H56O4S2Sn. The fourth-order valence-electron chi connectivity index (χ4n) is 4.11. The van der Waals surface area contributed by atoms with E-state index in [9.17, 15) is 9.59 Å². The molecule has 0 aliphatic carbocycles. The number of carbonyl (C=O) groups is 2. The van der Waals surface area contributed by atoms with E-state index < -0.39 is 29.7 Å². The van der Waals surface area contributed by atoms with E-state index in [0.29, 0.717) is 24.7 Å². The summed E-state index contributed by atoms with van der Waals surface area (Å²) in [5.41, 5.74) is 0. The van der Waals surface area contributed by atoms with Gasteiger partial charge in [-0.15, -0.1) is 0 Å². The first-order valence-electron chi connectivity index (χ1n) is 14.4. The molecule has 0 radical (unpaired) electrons. The fourth-order valence-corrected chi connectivity index (χ4v) is 15.1. The molecule has 0 heterocycles. The Morgan fingerprint density at radius 2 is 0.943 bits per heavy atom. The van der Waals surface area contributed by atoms with Gasteiger partial charge < -0.3 is 0 Å². The van der Waals surface area contributed by atoms with Gasteiger partial charge in [0.25, 0.3) is 0 Å². The van der Waals surface area contributed by atoms with Crippen molar-refractivity contribution in [3.8, 4) is 0 Å². The quantitative estimate of drug-likeness (QED) is 0.0706. The van der Waals surface area contributed by atoms with Crippen molar-refractivity contribution in [2.75, 3.05) is 0 Å². The first-order chi connectivity index (χ1) is 16.6. The number of carbonyl (C=O) groups excluding carboxylic acids is 2. The molecule has 4 nitrogen and oxygen atoms in total. The standard InChI is InChI=1S/2C10H20O2S.2C4H9.Sn/c2*1-8(2)6-4-3-5-7-9(13)10(11)12;2*1-3-4-2;/h2*8-9,13H,3-7H2,1-2H3,(H,11,12);2*1,3-4H2,2H3;/q;;;;+2/p-2. The molecule has 2 unspecified atom stereocenters. The van der Waals surface area contributed by atoms with E-state index in [0.717, 1.165) is 60.2 Å². The maximum absolute atomic E-state index is 13.1. The van der Waals surface area contributed by atoms with Crippen LogP contribution in [-0.4, -0.2) is 41.6 Å². The van der Waals surface area contributed by atoms with Crippen LogP contribution in [0.3, 0.4) is 0 Å². The van der Waals surface area contributed by atoms with Crippen molar-refractivity contribution in [3.63, 3.8) is 0 Å². The summed E-state index contributed by atoms with van der Waals surface area (Å²) >= 11 is 5.20. The van der Waals surface area contributed by atoms with Crippen molar-refractivity contribution >= 4 is 56.4 Å². The maximum atomic E-state index is 13.1. The molecule has 208 valence electrons. The summed E-state index contributed by atoms with van der Waals surface area (Å²) in [6, 6.07) is 0. The topological polar surface area (TPSA) is 52.6 Å². The van der Waals surface area contributed by atoms with E-state index in [1.54, 1.807) is 0 Å². The molecule has 0 spiro atoms. The van der Waals surface area contributed by atoms with Gasteiger partial charge in [-0.05, 0) is 0 Å². The molecule has 35 heavy (non-hydrogen) atoms. The molecule has 0 bridgehead atoms. The summed E-state index contributed by atoms with van der Waals surface area (Å²) in [6.07, 6.45) is 14.2. The Bertz CT molecular complexity index is 509. The molecule has 0 saturated carbocycles. The summed E-state index contributed by atoms with van der Waals surface area (Å²) in [4.78, 5) is 26.1. The monoisotopic (exact) mass is 640 g/mol. The Hall–Kier alpha value is 0.439. The Morgan fingerprint density at radius 1 is 0.600 bits per heavy atom. The third kappa shape index (κ3) is 18.4. The zero-order chi connectivity index (χ0) is 26.7. The second-order valence-electron chi connectivity index (χ2n) is 11.1. The number of rotatable bonds is 22. The van der Waals surface area contributed by atoms with Gasteiger partial charge in [0.15, 0.2) is 0 Å². The van der Waals surface area contributed by atoms with Crippen LogP contribution >= 0.6 is 25.3 Å². The van der Waals surface area contributed by atoms with Gasteiger partial charge in [0, 0.05) is 0 Å². The van der Waals surface area contributed by atoms with E-state index in [1.165, 1.54) is 25.7 Å². The minimum atomic E-state index is -3.95.